The van der Waals surface area contributed by atoms with Crippen molar-refractivity contribution in [3.8, 4) is 0 Å². The van der Waals surface area contributed by atoms with Crippen molar-refractivity contribution in [1.82, 2.24) is 5.32 Å². The number of rotatable bonds is 6. The van der Waals surface area contributed by atoms with E-state index in [9.17, 15) is 18.0 Å². The number of amides is 1. The normalized spacial score (nSPS) is 18.5. The zero-order valence-corrected chi connectivity index (χ0v) is 19.1. The molecule has 0 aromatic heterocycles. The molecule has 1 aliphatic rings. The third kappa shape index (κ3) is 5.25. The second-order valence-corrected chi connectivity index (χ2v) is 8.97. The van der Waals surface area contributed by atoms with Gasteiger partial charge in [-0.15, -0.1) is 11.8 Å². The highest BCUT2D eigenvalue weighted by Gasteiger charge is 2.62. The highest BCUT2D eigenvalue weighted by molar-refractivity contribution is 8.00. The zero-order valence-electron chi connectivity index (χ0n) is 16.0. The molecular formula is C20H16Cl3F3N2O2S. The highest BCUT2D eigenvalue weighted by atomic mass is 35.5. The summed E-state index contributed by atoms with van der Waals surface area (Å²) in [5.41, 5.74) is -2.49. The minimum absolute atomic E-state index is 0.0553. The molecule has 166 valence electrons. The smallest absolute Gasteiger partial charge is 0.374 e. The molecule has 3 rings (SSSR count). The van der Waals surface area contributed by atoms with E-state index in [2.05, 4.69) is 10.5 Å². The lowest BCUT2D eigenvalue weighted by atomic mass is 9.86. The Morgan fingerprint density at radius 1 is 1.19 bits per heavy atom. The number of alkyl halides is 3. The summed E-state index contributed by atoms with van der Waals surface area (Å²) in [5, 5.41) is 6.79. The predicted octanol–water partition coefficient (Wildman–Crippen LogP) is 6.46. The van der Waals surface area contributed by atoms with Crippen LogP contribution >= 0.6 is 46.6 Å². The van der Waals surface area contributed by atoms with Crippen LogP contribution in [0.4, 0.5) is 13.2 Å². The average molecular weight is 512 g/mol. The summed E-state index contributed by atoms with van der Waals surface area (Å²) in [4.78, 5) is 17.2. The number of carbonyl (C=O) groups is 1. The molecule has 4 nitrogen and oxygen atoms in total. The molecule has 1 unspecified atom stereocenters. The standard InChI is InChI=1S/C20H16Cl3F3N2O2S/c1-2-27-18(29)10-31-17-4-3-11(5-15(17)23)16-9-19(30-28-16,20(24,25)26)12-6-13(21)8-14(22)7-12/h3-8H,2,9-10H2,1H3,(H,27,29). The summed E-state index contributed by atoms with van der Waals surface area (Å²) in [6, 6.07) is 8.38. The van der Waals surface area contributed by atoms with Crippen molar-refractivity contribution in [3.63, 3.8) is 0 Å². The van der Waals surface area contributed by atoms with Gasteiger partial charge in [0, 0.05) is 39.0 Å². The van der Waals surface area contributed by atoms with Crippen LogP contribution in [-0.2, 0) is 15.2 Å². The quantitative estimate of drug-likeness (QED) is 0.453. The van der Waals surface area contributed by atoms with E-state index in [4.69, 9.17) is 39.6 Å². The molecular weight excluding hydrogens is 496 g/mol. The number of nitrogens with one attached hydrogen (secondary N) is 1. The van der Waals surface area contributed by atoms with Crippen LogP contribution in [0, 0.1) is 0 Å². The van der Waals surface area contributed by atoms with Gasteiger partial charge in [-0.2, -0.15) is 13.2 Å². The molecule has 0 radical (unpaired) electrons. The fourth-order valence-corrected chi connectivity index (χ4v) is 4.65. The van der Waals surface area contributed by atoms with Crippen molar-refractivity contribution in [2.45, 2.75) is 30.0 Å². The Hall–Kier alpha value is -1.61. The lowest BCUT2D eigenvalue weighted by molar-refractivity contribution is -0.275. The molecule has 1 atom stereocenters. The van der Waals surface area contributed by atoms with Gasteiger partial charge in [0.2, 0.25) is 5.91 Å². The summed E-state index contributed by atoms with van der Waals surface area (Å²) < 4.78 is 42.3. The Morgan fingerprint density at radius 3 is 2.45 bits per heavy atom. The van der Waals surface area contributed by atoms with E-state index in [1.54, 1.807) is 12.1 Å². The van der Waals surface area contributed by atoms with Crippen molar-refractivity contribution < 1.29 is 22.8 Å². The lowest BCUT2D eigenvalue weighted by Crippen LogP contribution is -2.42. The van der Waals surface area contributed by atoms with Crippen LogP contribution in [0.1, 0.15) is 24.5 Å². The molecule has 2 aromatic rings. The SMILES string of the molecule is CCNC(=O)CSc1ccc(C2=NOC(c3cc(Cl)cc(Cl)c3)(C(F)(F)F)C2)cc1Cl. The lowest BCUT2D eigenvalue weighted by Gasteiger charge is -2.29. The third-order valence-corrected chi connectivity index (χ3v) is 6.45. The van der Waals surface area contributed by atoms with Gasteiger partial charge in [0.1, 0.15) is 0 Å². The monoisotopic (exact) mass is 510 g/mol. The van der Waals surface area contributed by atoms with Crippen molar-refractivity contribution in [2.75, 3.05) is 12.3 Å². The first-order valence-corrected chi connectivity index (χ1v) is 11.2. The summed E-state index contributed by atoms with van der Waals surface area (Å²) in [6.45, 7) is 2.33. The van der Waals surface area contributed by atoms with Crippen LogP contribution in [0.3, 0.4) is 0 Å². The molecule has 31 heavy (non-hydrogen) atoms. The molecule has 0 saturated heterocycles. The molecule has 0 saturated carbocycles. The minimum atomic E-state index is -4.78. The maximum absolute atomic E-state index is 14.1. The first kappa shape index (κ1) is 24.0. The first-order valence-electron chi connectivity index (χ1n) is 9.03. The van der Waals surface area contributed by atoms with Gasteiger partial charge >= 0.3 is 6.18 Å². The molecule has 0 aliphatic carbocycles. The van der Waals surface area contributed by atoms with Crippen molar-refractivity contribution in [3.05, 3.63) is 62.6 Å². The molecule has 0 spiro atoms. The number of hydrogen-bond donors (Lipinski definition) is 1. The Labute approximate surface area is 196 Å². The van der Waals surface area contributed by atoms with Crippen molar-refractivity contribution >= 4 is 58.2 Å². The molecule has 11 heteroatoms. The van der Waals surface area contributed by atoms with Gasteiger partial charge in [-0.3, -0.25) is 4.79 Å². The fraction of sp³-hybridized carbons (Fsp3) is 0.300. The predicted molar refractivity (Wildman–Crippen MR) is 117 cm³/mol. The van der Waals surface area contributed by atoms with Crippen LogP contribution < -0.4 is 5.32 Å². The number of carbonyl (C=O) groups excluding carboxylic acids is 1. The van der Waals surface area contributed by atoms with Crippen LogP contribution in [0.15, 0.2) is 46.4 Å². The van der Waals surface area contributed by atoms with Crippen molar-refractivity contribution in [2.24, 2.45) is 5.16 Å². The molecule has 2 aromatic carbocycles. The van der Waals surface area contributed by atoms with Gasteiger partial charge in [0.15, 0.2) is 0 Å². The summed E-state index contributed by atoms with van der Waals surface area (Å²) in [6.07, 6.45) is -5.35. The van der Waals surface area contributed by atoms with E-state index in [1.165, 1.54) is 23.9 Å². The Morgan fingerprint density at radius 2 is 1.87 bits per heavy atom. The van der Waals surface area contributed by atoms with Gasteiger partial charge in [0.05, 0.1) is 16.5 Å². The number of hydrogen-bond acceptors (Lipinski definition) is 4. The molecule has 0 bridgehead atoms. The largest absolute Gasteiger partial charge is 0.435 e. The van der Waals surface area contributed by atoms with Gasteiger partial charge in [-0.1, -0.05) is 46.0 Å². The second-order valence-electron chi connectivity index (χ2n) is 6.68. The first-order chi connectivity index (χ1) is 14.6. The number of thioether (sulfide) groups is 1. The molecule has 1 heterocycles. The summed E-state index contributed by atoms with van der Waals surface area (Å²) in [5.74, 6) is 0.0280. The van der Waals surface area contributed by atoms with Crippen molar-refractivity contribution in [1.29, 1.82) is 0 Å². The minimum Gasteiger partial charge on any atom is -0.374 e. The third-order valence-electron chi connectivity index (χ3n) is 4.51. The Kier molecular flexibility index (Phi) is 7.35. The van der Waals surface area contributed by atoms with Crippen LogP contribution in [0.25, 0.3) is 0 Å². The van der Waals surface area contributed by atoms with E-state index >= 15 is 0 Å². The fourth-order valence-electron chi connectivity index (χ4n) is 3.03. The van der Waals surface area contributed by atoms with E-state index in [1.807, 2.05) is 6.92 Å². The second kappa shape index (κ2) is 9.48. The maximum atomic E-state index is 14.1. The molecule has 0 fully saturated rings. The Bertz CT molecular complexity index is 1010. The topological polar surface area (TPSA) is 50.7 Å². The van der Waals surface area contributed by atoms with E-state index < -0.39 is 18.2 Å². The van der Waals surface area contributed by atoms with Gasteiger partial charge < -0.3 is 10.2 Å². The maximum Gasteiger partial charge on any atom is 0.435 e. The number of nitrogens with zero attached hydrogens (tertiary/aromatic N) is 1. The van der Waals surface area contributed by atoms with Gasteiger partial charge in [0.25, 0.3) is 5.60 Å². The zero-order chi connectivity index (χ0) is 22.8. The van der Waals surface area contributed by atoms with Gasteiger partial charge in [-0.05, 0) is 37.3 Å². The highest BCUT2D eigenvalue weighted by Crippen LogP contribution is 2.49. The molecule has 1 aliphatic heterocycles. The van der Waals surface area contributed by atoms with Gasteiger partial charge in [-0.25, -0.2) is 0 Å². The number of halogens is 6. The van der Waals surface area contributed by atoms with E-state index in [0.717, 1.165) is 12.1 Å². The van der Waals surface area contributed by atoms with Crippen LogP contribution in [0.5, 0.6) is 0 Å². The summed E-state index contributed by atoms with van der Waals surface area (Å²) in [7, 11) is 0. The van der Waals surface area contributed by atoms with Crippen LogP contribution in [-0.4, -0.2) is 30.1 Å². The van der Waals surface area contributed by atoms with Crippen LogP contribution in [0.2, 0.25) is 15.1 Å². The number of benzene rings is 2. The number of oxime groups is 1. The van der Waals surface area contributed by atoms with E-state index in [0.29, 0.717) is 22.0 Å². The molecule has 1 amide bonds. The Balaban J connectivity index is 1.85. The summed E-state index contributed by atoms with van der Waals surface area (Å²) >= 11 is 19.3. The molecule has 1 N–H and O–H groups in total. The van der Waals surface area contributed by atoms with E-state index in [-0.39, 0.29) is 33.0 Å². The average Bonchev–Trinajstić information content (AvgIpc) is 3.13.